The highest BCUT2D eigenvalue weighted by atomic mass is 19.4. The van der Waals surface area contributed by atoms with E-state index in [0.717, 1.165) is 31.6 Å². The lowest BCUT2D eigenvalue weighted by Crippen LogP contribution is -2.53. The summed E-state index contributed by atoms with van der Waals surface area (Å²) in [4.78, 5) is 4.39. The van der Waals surface area contributed by atoms with Crippen LogP contribution in [0.1, 0.15) is 55.0 Å². The fourth-order valence-corrected chi connectivity index (χ4v) is 4.58. The number of alkyl halides is 3. The number of hydrogen-bond donors (Lipinski definition) is 1. The van der Waals surface area contributed by atoms with Crippen LogP contribution in [-0.4, -0.2) is 70.3 Å². The highest BCUT2D eigenvalue weighted by Crippen LogP contribution is 2.37. The van der Waals surface area contributed by atoms with Crippen molar-refractivity contribution in [1.82, 2.24) is 20.2 Å². The monoisotopic (exact) mass is 454 g/mol. The minimum absolute atomic E-state index is 0.0304. The van der Waals surface area contributed by atoms with Crippen LogP contribution in [0.3, 0.4) is 0 Å². The molecule has 0 amide bonds. The van der Waals surface area contributed by atoms with E-state index < -0.39 is 12.6 Å². The Labute approximate surface area is 185 Å². The molecular weight excluding hydrogens is 425 g/mol. The second kappa shape index (κ2) is 9.76. The molecule has 2 aliphatic rings. The number of aromatic nitrogens is 2. The largest absolute Gasteiger partial charge is 0.462 e. The maximum atomic E-state index is 12.7. The summed E-state index contributed by atoms with van der Waals surface area (Å²) in [7, 11) is 0. The standard InChI is InChI=1S/C22H29F3N4O3/c1-2-31-21-26-20(32-27-21)18-11-17(13-29(14-18)28-9-7-19(30)8-10-28)16-5-3-15(4-6-16)12-22(23,24)25/h3-6,17-19,30H,2,7-14H2,1H3. The van der Waals surface area contributed by atoms with Crippen LogP contribution in [0.25, 0.3) is 0 Å². The summed E-state index contributed by atoms with van der Waals surface area (Å²) < 4.78 is 48.9. The second-order valence-corrected chi connectivity index (χ2v) is 8.57. The Hall–Kier alpha value is -2.17. The summed E-state index contributed by atoms with van der Waals surface area (Å²) in [5, 5.41) is 18.3. The zero-order valence-corrected chi connectivity index (χ0v) is 18.1. The highest BCUT2D eigenvalue weighted by Gasteiger charge is 2.36. The molecule has 176 valence electrons. The van der Waals surface area contributed by atoms with Crippen LogP contribution < -0.4 is 4.74 Å². The Bertz CT molecular complexity index is 866. The van der Waals surface area contributed by atoms with Crippen molar-refractivity contribution >= 4 is 0 Å². The van der Waals surface area contributed by atoms with E-state index in [-0.39, 0.29) is 29.5 Å². The van der Waals surface area contributed by atoms with Crippen molar-refractivity contribution in [3.05, 3.63) is 41.3 Å². The topological polar surface area (TPSA) is 74.9 Å². The predicted molar refractivity (Wildman–Crippen MR) is 110 cm³/mol. The molecule has 32 heavy (non-hydrogen) atoms. The number of rotatable bonds is 6. The first-order chi connectivity index (χ1) is 15.3. The number of piperidine rings is 2. The second-order valence-electron chi connectivity index (χ2n) is 8.57. The van der Waals surface area contributed by atoms with E-state index in [4.69, 9.17) is 9.26 Å². The summed E-state index contributed by atoms with van der Waals surface area (Å²) in [6.45, 7) is 5.27. The van der Waals surface area contributed by atoms with E-state index in [0.29, 0.717) is 31.9 Å². The molecule has 10 heteroatoms. The first-order valence-corrected chi connectivity index (χ1v) is 11.1. The normalized spacial score (nSPS) is 24.0. The van der Waals surface area contributed by atoms with Crippen molar-refractivity contribution in [1.29, 1.82) is 0 Å². The van der Waals surface area contributed by atoms with Crippen molar-refractivity contribution in [3.63, 3.8) is 0 Å². The third-order valence-electron chi connectivity index (χ3n) is 6.17. The van der Waals surface area contributed by atoms with Crippen LogP contribution in [0.4, 0.5) is 13.2 Å². The molecular formula is C22H29F3N4O3. The molecule has 0 bridgehead atoms. The average molecular weight is 454 g/mol. The van der Waals surface area contributed by atoms with Gasteiger partial charge in [0.25, 0.3) is 0 Å². The van der Waals surface area contributed by atoms with Gasteiger partial charge in [0.15, 0.2) is 0 Å². The Morgan fingerprint density at radius 3 is 2.44 bits per heavy atom. The van der Waals surface area contributed by atoms with Crippen LogP contribution in [0.15, 0.2) is 28.8 Å². The lowest BCUT2D eigenvalue weighted by molar-refractivity contribution is -0.127. The van der Waals surface area contributed by atoms with Crippen LogP contribution in [0.2, 0.25) is 0 Å². The van der Waals surface area contributed by atoms with E-state index in [1.807, 2.05) is 6.92 Å². The van der Waals surface area contributed by atoms with Gasteiger partial charge in [0.2, 0.25) is 5.89 Å². The summed E-state index contributed by atoms with van der Waals surface area (Å²) in [5.41, 5.74) is 1.25. The van der Waals surface area contributed by atoms with E-state index in [1.54, 1.807) is 24.3 Å². The minimum atomic E-state index is -4.22. The lowest BCUT2D eigenvalue weighted by Gasteiger charge is -2.45. The fraction of sp³-hybridized carbons (Fsp3) is 0.636. The third-order valence-corrected chi connectivity index (χ3v) is 6.17. The first kappa shape index (κ1) is 23.0. The van der Waals surface area contributed by atoms with Gasteiger partial charge < -0.3 is 14.4 Å². The lowest BCUT2D eigenvalue weighted by atomic mass is 9.84. The van der Waals surface area contributed by atoms with Gasteiger partial charge in [-0.05, 0) is 48.4 Å². The zero-order chi connectivity index (χ0) is 22.7. The molecule has 0 aliphatic carbocycles. The number of hydrogen-bond acceptors (Lipinski definition) is 7. The van der Waals surface area contributed by atoms with Gasteiger partial charge in [-0.15, -0.1) is 0 Å². The minimum Gasteiger partial charge on any atom is -0.462 e. The smallest absolute Gasteiger partial charge is 0.393 e. The molecule has 0 radical (unpaired) electrons. The van der Waals surface area contributed by atoms with Gasteiger partial charge in [-0.3, -0.25) is 0 Å². The maximum Gasteiger partial charge on any atom is 0.393 e. The van der Waals surface area contributed by atoms with Gasteiger partial charge in [0.05, 0.1) is 25.0 Å². The molecule has 2 fully saturated rings. The molecule has 4 rings (SSSR count). The number of hydrazine groups is 1. The molecule has 1 aromatic carbocycles. The number of nitrogens with zero attached hydrogens (tertiary/aromatic N) is 4. The van der Waals surface area contributed by atoms with Gasteiger partial charge in [-0.1, -0.05) is 24.3 Å². The average Bonchev–Trinajstić information content (AvgIpc) is 3.22. The Balaban J connectivity index is 1.53. The number of aliphatic hydroxyl groups excluding tert-OH is 1. The fourth-order valence-electron chi connectivity index (χ4n) is 4.58. The van der Waals surface area contributed by atoms with E-state index in [9.17, 15) is 18.3 Å². The first-order valence-electron chi connectivity index (χ1n) is 11.1. The van der Waals surface area contributed by atoms with Gasteiger partial charge >= 0.3 is 12.2 Å². The summed E-state index contributed by atoms with van der Waals surface area (Å²) >= 11 is 0. The van der Waals surface area contributed by atoms with Crippen molar-refractivity contribution in [2.75, 3.05) is 32.8 Å². The van der Waals surface area contributed by atoms with Crippen molar-refractivity contribution in [3.8, 4) is 6.01 Å². The van der Waals surface area contributed by atoms with E-state index >= 15 is 0 Å². The molecule has 0 saturated carbocycles. The Kier molecular flexibility index (Phi) is 7.02. The molecule has 2 saturated heterocycles. The van der Waals surface area contributed by atoms with Crippen LogP contribution in [-0.2, 0) is 6.42 Å². The van der Waals surface area contributed by atoms with Gasteiger partial charge in [-0.2, -0.15) is 18.2 Å². The van der Waals surface area contributed by atoms with E-state index in [2.05, 4.69) is 20.2 Å². The maximum absolute atomic E-state index is 12.7. The third kappa shape index (κ3) is 5.79. The van der Waals surface area contributed by atoms with E-state index in [1.165, 1.54) is 0 Å². The molecule has 0 spiro atoms. The SMILES string of the molecule is CCOc1noc(C2CC(c3ccc(CC(F)(F)F)cc3)CN(N3CCC(O)CC3)C2)n1. The van der Waals surface area contributed by atoms with Gasteiger partial charge in [0, 0.05) is 26.2 Å². The molecule has 2 aromatic rings. The van der Waals surface area contributed by atoms with Crippen molar-refractivity contribution in [2.24, 2.45) is 0 Å². The van der Waals surface area contributed by atoms with Crippen LogP contribution >= 0.6 is 0 Å². The molecule has 1 N–H and O–H groups in total. The van der Waals surface area contributed by atoms with Crippen LogP contribution in [0, 0.1) is 0 Å². The van der Waals surface area contributed by atoms with Gasteiger partial charge in [0.1, 0.15) is 0 Å². The molecule has 3 heterocycles. The van der Waals surface area contributed by atoms with Crippen molar-refractivity contribution in [2.45, 2.75) is 56.7 Å². The summed E-state index contributed by atoms with van der Waals surface area (Å²) in [5.74, 6) is 0.578. The quantitative estimate of drug-likeness (QED) is 0.716. The number of benzene rings is 1. The van der Waals surface area contributed by atoms with Crippen LogP contribution in [0.5, 0.6) is 6.01 Å². The van der Waals surface area contributed by atoms with Crippen molar-refractivity contribution < 1.29 is 27.5 Å². The number of ether oxygens (including phenoxy) is 1. The molecule has 7 nitrogen and oxygen atoms in total. The Morgan fingerprint density at radius 2 is 1.78 bits per heavy atom. The summed E-state index contributed by atoms with van der Waals surface area (Å²) in [6, 6.07) is 6.94. The molecule has 2 unspecified atom stereocenters. The predicted octanol–water partition coefficient (Wildman–Crippen LogP) is 3.52. The Morgan fingerprint density at radius 1 is 1.09 bits per heavy atom. The summed E-state index contributed by atoms with van der Waals surface area (Å²) in [6.07, 6.45) is -3.23. The number of aliphatic hydroxyl groups is 1. The highest BCUT2D eigenvalue weighted by molar-refractivity contribution is 5.27. The van der Waals surface area contributed by atoms with Gasteiger partial charge in [-0.25, -0.2) is 10.0 Å². The molecule has 2 aliphatic heterocycles. The molecule has 2 atom stereocenters. The zero-order valence-electron chi connectivity index (χ0n) is 18.1. The number of halogens is 3. The molecule has 1 aromatic heterocycles.